The summed E-state index contributed by atoms with van der Waals surface area (Å²) in [6.45, 7) is 5.70. The van der Waals surface area contributed by atoms with Crippen LogP contribution in [-0.2, 0) is 14.8 Å². The Labute approximate surface area is 172 Å². The molecule has 0 aliphatic rings. The Morgan fingerprint density at radius 3 is 2.52 bits per heavy atom. The minimum absolute atomic E-state index is 0.171. The Morgan fingerprint density at radius 1 is 1.14 bits per heavy atom. The smallest absolute Gasteiger partial charge is 0.258 e. The molecule has 0 bridgehead atoms. The SMILES string of the molecule is CCCNS(=O)(=O)c1ccc(OCC(=O)N[C@@H](C)c2ccccc2OC)c(C)c1. The standard InChI is InChI=1S/C21H28N2O5S/c1-5-12-22-29(25,26)17-10-11-19(15(2)13-17)28-14-21(24)23-16(3)18-8-6-7-9-20(18)27-4/h6-11,13,16,22H,5,12,14H2,1-4H3,(H,23,24)/t16-/m0/s1. The molecule has 2 aromatic carbocycles. The van der Waals surface area contributed by atoms with Crippen LogP contribution >= 0.6 is 0 Å². The zero-order chi connectivity index (χ0) is 21.4. The molecule has 29 heavy (non-hydrogen) atoms. The van der Waals surface area contributed by atoms with Crippen LogP contribution in [0.2, 0.25) is 0 Å². The second-order valence-corrected chi connectivity index (χ2v) is 8.41. The van der Waals surface area contributed by atoms with Crippen LogP contribution in [0.4, 0.5) is 0 Å². The first-order valence-corrected chi connectivity index (χ1v) is 10.9. The van der Waals surface area contributed by atoms with Crippen LogP contribution in [0.15, 0.2) is 47.4 Å². The molecule has 1 amide bonds. The fraction of sp³-hybridized carbons (Fsp3) is 0.381. The third-order valence-electron chi connectivity index (χ3n) is 4.34. The summed E-state index contributed by atoms with van der Waals surface area (Å²) in [7, 11) is -1.96. The molecule has 0 saturated carbocycles. The van der Waals surface area contributed by atoms with Gasteiger partial charge in [0.2, 0.25) is 10.0 Å². The highest BCUT2D eigenvalue weighted by Crippen LogP contribution is 2.25. The maximum atomic E-state index is 12.3. The van der Waals surface area contributed by atoms with Crippen LogP contribution < -0.4 is 19.5 Å². The van der Waals surface area contributed by atoms with E-state index in [9.17, 15) is 13.2 Å². The number of sulfonamides is 1. The van der Waals surface area contributed by atoms with E-state index in [4.69, 9.17) is 9.47 Å². The topological polar surface area (TPSA) is 93.7 Å². The summed E-state index contributed by atoms with van der Waals surface area (Å²) in [6.07, 6.45) is 0.710. The summed E-state index contributed by atoms with van der Waals surface area (Å²) in [5, 5.41) is 2.87. The lowest BCUT2D eigenvalue weighted by Gasteiger charge is -2.17. The van der Waals surface area contributed by atoms with Gasteiger partial charge in [-0.05, 0) is 50.1 Å². The molecule has 0 aliphatic carbocycles. The normalized spacial score (nSPS) is 12.3. The third-order valence-corrected chi connectivity index (χ3v) is 5.80. The highest BCUT2D eigenvalue weighted by Gasteiger charge is 2.16. The lowest BCUT2D eigenvalue weighted by molar-refractivity contribution is -0.123. The first-order valence-electron chi connectivity index (χ1n) is 9.44. The fourth-order valence-electron chi connectivity index (χ4n) is 2.80. The van der Waals surface area contributed by atoms with E-state index in [1.807, 2.05) is 38.1 Å². The van der Waals surface area contributed by atoms with Crippen LogP contribution in [0.1, 0.15) is 37.4 Å². The Kier molecular flexibility index (Phi) is 8.04. The van der Waals surface area contributed by atoms with Gasteiger partial charge >= 0.3 is 0 Å². The molecule has 7 nitrogen and oxygen atoms in total. The number of benzene rings is 2. The summed E-state index contributed by atoms with van der Waals surface area (Å²) < 4.78 is 37.8. The molecule has 0 saturated heterocycles. The molecule has 0 unspecified atom stereocenters. The van der Waals surface area contributed by atoms with Crippen LogP contribution in [0.3, 0.4) is 0 Å². The zero-order valence-corrected chi connectivity index (χ0v) is 18.0. The predicted molar refractivity (Wildman–Crippen MR) is 112 cm³/mol. The van der Waals surface area contributed by atoms with Gasteiger partial charge in [-0.15, -0.1) is 0 Å². The van der Waals surface area contributed by atoms with Gasteiger partial charge in [-0.25, -0.2) is 13.1 Å². The van der Waals surface area contributed by atoms with E-state index in [0.717, 1.165) is 5.56 Å². The summed E-state index contributed by atoms with van der Waals surface area (Å²) >= 11 is 0. The van der Waals surface area contributed by atoms with E-state index in [2.05, 4.69) is 10.0 Å². The Morgan fingerprint density at radius 2 is 1.86 bits per heavy atom. The zero-order valence-electron chi connectivity index (χ0n) is 17.2. The number of amides is 1. The van der Waals surface area contributed by atoms with Gasteiger partial charge in [0.15, 0.2) is 6.61 Å². The van der Waals surface area contributed by atoms with Gasteiger partial charge in [0.25, 0.3) is 5.91 Å². The summed E-state index contributed by atoms with van der Waals surface area (Å²) in [6, 6.07) is 11.8. The minimum Gasteiger partial charge on any atom is -0.496 e. The first kappa shape index (κ1) is 22.7. The molecule has 1 atom stereocenters. The molecular formula is C21H28N2O5S. The maximum Gasteiger partial charge on any atom is 0.258 e. The van der Waals surface area contributed by atoms with E-state index >= 15 is 0 Å². The number of hydrogen-bond acceptors (Lipinski definition) is 5. The molecule has 0 fully saturated rings. The number of para-hydroxylation sites is 1. The third kappa shape index (κ3) is 6.20. The van der Waals surface area contributed by atoms with Gasteiger partial charge in [0, 0.05) is 12.1 Å². The number of hydrogen-bond donors (Lipinski definition) is 2. The molecule has 0 aliphatic heterocycles. The van der Waals surface area contributed by atoms with Crippen molar-refractivity contribution in [2.45, 2.75) is 38.1 Å². The molecular weight excluding hydrogens is 392 g/mol. The minimum atomic E-state index is -3.54. The summed E-state index contributed by atoms with van der Waals surface area (Å²) in [5.74, 6) is 0.870. The largest absolute Gasteiger partial charge is 0.496 e. The molecule has 0 spiro atoms. The number of ether oxygens (including phenoxy) is 2. The van der Waals surface area contributed by atoms with Gasteiger partial charge < -0.3 is 14.8 Å². The molecule has 2 aromatic rings. The molecule has 158 valence electrons. The van der Waals surface area contributed by atoms with Gasteiger partial charge in [0.05, 0.1) is 18.0 Å². The quantitative estimate of drug-likeness (QED) is 0.616. The van der Waals surface area contributed by atoms with E-state index in [0.29, 0.717) is 30.0 Å². The van der Waals surface area contributed by atoms with Gasteiger partial charge in [-0.2, -0.15) is 0 Å². The molecule has 0 radical (unpaired) electrons. The van der Waals surface area contributed by atoms with E-state index in [1.54, 1.807) is 20.1 Å². The molecule has 0 aromatic heterocycles. The number of aryl methyl sites for hydroxylation is 1. The summed E-state index contributed by atoms with van der Waals surface area (Å²) in [5.41, 5.74) is 1.50. The fourth-order valence-corrected chi connectivity index (χ4v) is 4.02. The van der Waals surface area contributed by atoms with E-state index < -0.39 is 10.0 Å². The predicted octanol–water partition coefficient (Wildman–Crippen LogP) is 2.95. The van der Waals surface area contributed by atoms with Crippen LogP contribution in [0.25, 0.3) is 0 Å². The second-order valence-electron chi connectivity index (χ2n) is 6.64. The average molecular weight is 421 g/mol. The van der Waals surface area contributed by atoms with Crippen LogP contribution in [0.5, 0.6) is 11.5 Å². The van der Waals surface area contributed by atoms with Crippen molar-refractivity contribution in [1.29, 1.82) is 0 Å². The van der Waals surface area contributed by atoms with E-state index in [1.165, 1.54) is 12.1 Å². The van der Waals surface area contributed by atoms with Crippen molar-refractivity contribution < 1.29 is 22.7 Å². The highest BCUT2D eigenvalue weighted by molar-refractivity contribution is 7.89. The monoisotopic (exact) mass is 420 g/mol. The first-order chi connectivity index (χ1) is 13.8. The average Bonchev–Trinajstić information content (AvgIpc) is 2.71. The lowest BCUT2D eigenvalue weighted by Crippen LogP contribution is -2.31. The molecule has 8 heteroatoms. The van der Waals surface area contributed by atoms with Gasteiger partial charge in [-0.1, -0.05) is 25.1 Å². The van der Waals surface area contributed by atoms with Crippen LogP contribution in [0, 0.1) is 6.92 Å². The van der Waals surface area contributed by atoms with Crippen molar-refractivity contribution in [3.63, 3.8) is 0 Å². The number of carbonyl (C=O) groups is 1. The van der Waals surface area contributed by atoms with Crippen molar-refractivity contribution in [3.05, 3.63) is 53.6 Å². The Hall–Kier alpha value is -2.58. The van der Waals surface area contributed by atoms with E-state index in [-0.39, 0.29) is 23.5 Å². The number of rotatable bonds is 10. The van der Waals surface area contributed by atoms with Crippen molar-refractivity contribution >= 4 is 15.9 Å². The second kappa shape index (κ2) is 10.3. The lowest BCUT2D eigenvalue weighted by atomic mass is 10.1. The Bertz CT molecular complexity index is 944. The maximum absolute atomic E-state index is 12.3. The molecule has 2 rings (SSSR count). The van der Waals surface area contributed by atoms with Crippen LogP contribution in [-0.4, -0.2) is 34.6 Å². The Balaban J connectivity index is 1.98. The number of methoxy groups -OCH3 is 1. The summed E-state index contributed by atoms with van der Waals surface area (Å²) in [4.78, 5) is 12.4. The van der Waals surface area contributed by atoms with Crippen molar-refractivity contribution in [2.24, 2.45) is 0 Å². The molecule has 2 N–H and O–H groups in total. The highest BCUT2D eigenvalue weighted by atomic mass is 32.2. The van der Waals surface area contributed by atoms with Crippen molar-refractivity contribution in [2.75, 3.05) is 20.3 Å². The number of carbonyl (C=O) groups excluding carboxylic acids is 1. The van der Waals surface area contributed by atoms with Gasteiger partial charge in [-0.3, -0.25) is 4.79 Å². The molecule has 0 heterocycles. The van der Waals surface area contributed by atoms with Crippen molar-refractivity contribution in [3.8, 4) is 11.5 Å². The number of nitrogens with one attached hydrogen (secondary N) is 2. The van der Waals surface area contributed by atoms with Gasteiger partial charge in [0.1, 0.15) is 11.5 Å². The van der Waals surface area contributed by atoms with Crippen molar-refractivity contribution in [1.82, 2.24) is 10.0 Å².